The van der Waals surface area contributed by atoms with Crippen LogP contribution in [0, 0.1) is 17.8 Å². The van der Waals surface area contributed by atoms with Gasteiger partial charge in [-0.15, -0.1) is 0 Å². The quantitative estimate of drug-likeness (QED) is 0.622. The van der Waals surface area contributed by atoms with Crippen molar-refractivity contribution in [3.05, 3.63) is 47.7 Å². The van der Waals surface area contributed by atoms with E-state index < -0.39 is 6.10 Å². The van der Waals surface area contributed by atoms with E-state index in [1.54, 1.807) is 30.3 Å². The first-order valence-corrected chi connectivity index (χ1v) is 11.0. The molecule has 33 heavy (non-hydrogen) atoms. The Morgan fingerprint density at radius 2 is 2.03 bits per heavy atom. The number of aliphatic hydroxyl groups excluding tert-OH is 2. The van der Waals surface area contributed by atoms with Gasteiger partial charge in [0.05, 0.1) is 12.6 Å². The summed E-state index contributed by atoms with van der Waals surface area (Å²) >= 11 is 0. The lowest BCUT2D eigenvalue weighted by Crippen LogP contribution is -2.49. The van der Waals surface area contributed by atoms with E-state index in [4.69, 9.17) is 4.74 Å². The number of carbonyl (C=O) groups excluding carboxylic acids is 1. The number of hydrogen-bond donors (Lipinski definition) is 2. The second-order valence-corrected chi connectivity index (χ2v) is 8.59. The molecule has 2 N–H and O–H groups in total. The van der Waals surface area contributed by atoms with Crippen molar-refractivity contribution in [3.63, 3.8) is 0 Å². The number of amides is 1. The van der Waals surface area contributed by atoms with Crippen LogP contribution in [0.4, 0.5) is 0 Å². The first-order chi connectivity index (χ1) is 15.8. The molecule has 1 aliphatic rings. The molecule has 9 heteroatoms. The van der Waals surface area contributed by atoms with Gasteiger partial charge in [-0.25, -0.2) is 15.0 Å². The van der Waals surface area contributed by atoms with Crippen molar-refractivity contribution in [3.8, 4) is 17.7 Å². The van der Waals surface area contributed by atoms with Crippen LogP contribution in [0.3, 0.4) is 0 Å². The van der Waals surface area contributed by atoms with Crippen LogP contribution in [0.15, 0.2) is 31.0 Å². The fourth-order valence-corrected chi connectivity index (χ4v) is 3.67. The molecule has 176 valence electrons. The van der Waals surface area contributed by atoms with Gasteiger partial charge >= 0.3 is 0 Å². The van der Waals surface area contributed by atoms with Gasteiger partial charge in [-0.1, -0.05) is 18.8 Å². The van der Waals surface area contributed by atoms with E-state index in [9.17, 15) is 15.0 Å². The third-order valence-corrected chi connectivity index (χ3v) is 5.50. The number of pyridine rings is 1. The van der Waals surface area contributed by atoms with Gasteiger partial charge in [-0.2, -0.15) is 0 Å². The molecule has 0 aliphatic carbocycles. The lowest BCUT2D eigenvalue weighted by molar-refractivity contribution is 0.0325. The maximum absolute atomic E-state index is 13.4. The molecular weight excluding hydrogens is 422 g/mol. The number of rotatable bonds is 6. The Kier molecular flexibility index (Phi) is 8.33. The Morgan fingerprint density at radius 3 is 2.70 bits per heavy atom. The highest BCUT2D eigenvalue weighted by Crippen LogP contribution is 2.27. The van der Waals surface area contributed by atoms with Gasteiger partial charge < -0.3 is 19.8 Å². The predicted octanol–water partition coefficient (Wildman–Crippen LogP) is 0.956. The zero-order valence-electron chi connectivity index (χ0n) is 19.5. The molecule has 9 nitrogen and oxygen atoms in total. The van der Waals surface area contributed by atoms with E-state index in [2.05, 4.69) is 31.7 Å². The van der Waals surface area contributed by atoms with Crippen LogP contribution >= 0.6 is 0 Å². The molecule has 3 heterocycles. The highest BCUT2D eigenvalue weighted by molar-refractivity contribution is 5.97. The third-order valence-electron chi connectivity index (χ3n) is 5.50. The number of aliphatic hydroxyl groups is 2. The molecule has 0 fully saturated rings. The third kappa shape index (κ3) is 6.48. The summed E-state index contributed by atoms with van der Waals surface area (Å²) in [5.41, 5.74) is 1.79. The van der Waals surface area contributed by atoms with Crippen molar-refractivity contribution in [2.45, 2.75) is 45.6 Å². The molecule has 4 atom stereocenters. The van der Waals surface area contributed by atoms with Crippen molar-refractivity contribution < 1.29 is 19.7 Å². The van der Waals surface area contributed by atoms with Gasteiger partial charge in [0.15, 0.2) is 0 Å². The normalized spacial score (nSPS) is 20.1. The van der Waals surface area contributed by atoms with Gasteiger partial charge in [-0.3, -0.25) is 9.69 Å². The first-order valence-electron chi connectivity index (χ1n) is 11.0. The smallest absolute Gasteiger partial charge is 0.259 e. The number of carbonyl (C=O) groups is 1. The highest BCUT2D eigenvalue weighted by Gasteiger charge is 2.34. The molecule has 3 rings (SSSR count). The number of hydrogen-bond acceptors (Lipinski definition) is 8. The van der Waals surface area contributed by atoms with Gasteiger partial charge in [0.1, 0.15) is 24.1 Å². The lowest BCUT2D eigenvalue weighted by atomic mass is 9.99. The van der Waals surface area contributed by atoms with E-state index in [1.165, 1.54) is 12.5 Å². The summed E-state index contributed by atoms with van der Waals surface area (Å²) in [6, 6.07) is 1.27. The minimum Gasteiger partial charge on any atom is -0.472 e. The van der Waals surface area contributed by atoms with Crippen LogP contribution in [0.1, 0.15) is 42.3 Å². The predicted molar refractivity (Wildman–Crippen MR) is 122 cm³/mol. The summed E-state index contributed by atoms with van der Waals surface area (Å²) < 4.78 is 6.28. The van der Waals surface area contributed by atoms with Crippen molar-refractivity contribution in [1.82, 2.24) is 24.8 Å². The summed E-state index contributed by atoms with van der Waals surface area (Å²) in [4.78, 5) is 29.7. The second kappa shape index (κ2) is 11.2. The molecule has 0 saturated heterocycles. The van der Waals surface area contributed by atoms with E-state index in [-0.39, 0.29) is 36.5 Å². The summed E-state index contributed by atoms with van der Waals surface area (Å²) in [6.07, 6.45) is 5.56. The van der Waals surface area contributed by atoms with Gasteiger partial charge in [0, 0.05) is 55.3 Å². The van der Waals surface area contributed by atoms with E-state index in [0.29, 0.717) is 30.8 Å². The minimum atomic E-state index is -0.791. The highest BCUT2D eigenvalue weighted by atomic mass is 16.5. The summed E-state index contributed by atoms with van der Waals surface area (Å²) in [5, 5.41) is 19.2. The van der Waals surface area contributed by atoms with Crippen molar-refractivity contribution in [1.29, 1.82) is 0 Å². The van der Waals surface area contributed by atoms with Crippen LogP contribution in [-0.2, 0) is 6.54 Å². The number of aromatic nitrogens is 3. The Bertz CT molecular complexity index is 1000. The van der Waals surface area contributed by atoms with Crippen LogP contribution in [0.5, 0.6) is 5.88 Å². The zero-order chi connectivity index (χ0) is 24.0. The molecule has 0 aromatic carbocycles. The topological polar surface area (TPSA) is 112 Å². The lowest BCUT2D eigenvalue weighted by Gasteiger charge is -2.37. The summed E-state index contributed by atoms with van der Waals surface area (Å²) in [5.74, 6) is 5.46. The molecule has 2 aromatic rings. The monoisotopic (exact) mass is 453 g/mol. The average Bonchev–Trinajstić information content (AvgIpc) is 2.80. The number of ether oxygens (including phenoxy) is 1. The van der Waals surface area contributed by atoms with E-state index in [1.807, 2.05) is 20.9 Å². The molecular formula is C24H31N5O4. The second-order valence-electron chi connectivity index (χ2n) is 8.59. The van der Waals surface area contributed by atoms with E-state index in [0.717, 1.165) is 5.56 Å². The van der Waals surface area contributed by atoms with Crippen LogP contribution in [-0.4, -0.2) is 85.9 Å². The van der Waals surface area contributed by atoms with Crippen LogP contribution < -0.4 is 4.74 Å². The molecule has 1 aliphatic heterocycles. The van der Waals surface area contributed by atoms with Crippen molar-refractivity contribution in [2.75, 3.05) is 26.7 Å². The maximum atomic E-state index is 13.4. The maximum Gasteiger partial charge on any atom is 0.259 e. The number of nitrogens with zero attached hydrogens (tertiary/aromatic N) is 5. The molecule has 0 bridgehead atoms. The number of likely N-dealkylation sites (N-methyl/N-ethyl adjacent to an activating group) is 1. The van der Waals surface area contributed by atoms with E-state index >= 15 is 0 Å². The van der Waals surface area contributed by atoms with Crippen molar-refractivity contribution in [2.24, 2.45) is 5.92 Å². The standard InChI is InChI=1S/C24H31N5O4/c1-16-11-29(17(2)14-30)24(32)21-7-19(6-5-18(3)31)10-27-23(21)33-22(16)13-28(4)12-20-8-25-15-26-9-20/h7-10,15-18,22,30-31H,11-14H2,1-4H3/t16-,17-,18-,22-/m1/s1. The Labute approximate surface area is 194 Å². The molecule has 1 amide bonds. The molecule has 0 unspecified atom stereocenters. The molecule has 2 aromatic heterocycles. The molecule has 0 saturated carbocycles. The van der Waals surface area contributed by atoms with Gasteiger partial charge in [0.2, 0.25) is 5.88 Å². The molecule has 0 spiro atoms. The summed E-state index contributed by atoms with van der Waals surface area (Å²) in [7, 11) is 1.99. The SMILES string of the molecule is C[C@@H]1CN([C@H](C)CO)C(=O)c2cc(C#C[C@@H](C)O)cnc2O[C@@H]1CN(C)Cc1cncnc1. The minimum absolute atomic E-state index is 0.0120. The summed E-state index contributed by atoms with van der Waals surface area (Å²) in [6.45, 7) is 6.93. The zero-order valence-corrected chi connectivity index (χ0v) is 19.5. The van der Waals surface area contributed by atoms with Gasteiger partial charge in [0.25, 0.3) is 5.91 Å². The molecule has 0 radical (unpaired) electrons. The van der Waals surface area contributed by atoms with Crippen molar-refractivity contribution >= 4 is 5.91 Å². The fraction of sp³-hybridized carbons (Fsp3) is 0.500. The first kappa shape index (κ1) is 24.6. The fourth-order valence-electron chi connectivity index (χ4n) is 3.67. The average molecular weight is 454 g/mol. The Balaban J connectivity index is 1.91. The van der Waals surface area contributed by atoms with Crippen LogP contribution in [0.2, 0.25) is 0 Å². The van der Waals surface area contributed by atoms with Crippen LogP contribution in [0.25, 0.3) is 0 Å². The van der Waals surface area contributed by atoms with Gasteiger partial charge in [-0.05, 0) is 27.0 Å². The Hall–Kier alpha value is -3.06. The Morgan fingerprint density at radius 1 is 1.30 bits per heavy atom. The number of fused-ring (bicyclic) bond motifs is 1. The largest absolute Gasteiger partial charge is 0.472 e.